The number of anilines is 1. The lowest BCUT2D eigenvalue weighted by Gasteiger charge is -2.11. The van der Waals surface area contributed by atoms with E-state index in [-0.39, 0.29) is 17.5 Å². The molecular formula is C25H23ClFN3OS. The Kier molecular flexibility index (Phi) is 6.53. The quantitative estimate of drug-likeness (QED) is 0.328. The van der Waals surface area contributed by atoms with E-state index in [1.807, 2.05) is 19.1 Å². The number of thioether (sulfide) groups is 1. The van der Waals surface area contributed by atoms with E-state index in [4.69, 9.17) is 16.6 Å². The van der Waals surface area contributed by atoms with Gasteiger partial charge in [0.2, 0.25) is 5.91 Å². The van der Waals surface area contributed by atoms with Gasteiger partial charge in [0.25, 0.3) is 0 Å². The van der Waals surface area contributed by atoms with Crippen LogP contribution in [0.3, 0.4) is 0 Å². The summed E-state index contributed by atoms with van der Waals surface area (Å²) in [5, 5.41) is 4.11. The molecule has 7 heteroatoms. The molecule has 0 aliphatic heterocycles. The first-order valence-electron chi connectivity index (χ1n) is 10.2. The highest BCUT2D eigenvalue weighted by Crippen LogP contribution is 2.28. The van der Waals surface area contributed by atoms with E-state index in [1.54, 1.807) is 18.2 Å². The van der Waals surface area contributed by atoms with E-state index in [0.29, 0.717) is 17.3 Å². The molecule has 0 spiro atoms. The first-order valence-corrected chi connectivity index (χ1v) is 11.6. The maximum absolute atomic E-state index is 13.4. The van der Waals surface area contributed by atoms with Crippen LogP contribution in [0.5, 0.6) is 0 Å². The van der Waals surface area contributed by atoms with E-state index in [0.717, 1.165) is 32.9 Å². The lowest BCUT2D eigenvalue weighted by molar-refractivity contribution is -0.113. The van der Waals surface area contributed by atoms with Gasteiger partial charge in [-0.2, -0.15) is 0 Å². The van der Waals surface area contributed by atoms with Crippen LogP contribution in [0.1, 0.15) is 22.3 Å². The van der Waals surface area contributed by atoms with Crippen molar-refractivity contribution >= 4 is 46.0 Å². The minimum Gasteiger partial charge on any atom is -0.324 e. The topological polar surface area (TPSA) is 46.9 Å². The van der Waals surface area contributed by atoms with Gasteiger partial charge in [-0.3, -0.25) is 4.79 Å². The normalized spacial score (nSPS) is 11.2. The molecule has 3 aromatic carbocycles. The third-order valence-corrected chi connectivity index (χ3v) is 6.60. The highest BCUT2D eigenvalue weighted by Gasteiger charge is 2.15. The van der Waals surface area contributed by atoms with Gasteiger partial charge in [-0.05, 0) is 79.4 Å². The van der Waals surface area contributed by atoms with E-state index < -0.39 is 0 Å². The molecule has 0 aliphatic carbocycles. The fourth-order valence-electron chi connectivity index (χ4n) is 3.43. The summed E-state index contributed by atoms with van der Waals surface area (Å²) in [7, 11) is 0. The number of benzene rings is 3. The van der Waals surface area contributed by atoms with Gasteiger partial charge in [-0.15, -0.1) is 0 Å². The number of carbonyl (C=O) groups excluding carboxylic acids is 1. The minimum atomic E-state index is -0.267. The van der Waals surface area contributed by atoms with Crippen LogP contribution in [0.2, 0.25) is 5.02 Å². The predicted octanol–water partition coefficient (Wildman–Crippen LogP) is 6.53. The molecule has 4 nitrogen and oxygen atoms in total. The number of rotatable bonds is 6. The summed E-state index contributed by atoms with van der Waals surface area (Å²) in [6.07, 6.45) is 0. The van der Waals surface area contributed by atoms with Crippen LogP contribution in [0.4, 0.5) is 10.1 Å². The molecule has 0 aliphatic rings. The third-order valence-electron chi connectivity index (χ3n) is 5.31. The van der Waals surface area contributed by atoms with Crippen molar-refractivity contribution in [2.75, 3.05) is 11.1 Å². The van der Waals surface area contributed by atoms with E-state index in [1.165, 1.54) is 29.5 Å². The van der Waals surface area contributed by atoms with Gasteiger partial charge in [0.05, 0.1) is 34.0 Å². The van der Waals surface area contributed by atoms with E-state index in [9.17, 15) is 9.18 Å². The molecule has 164 valence electrons. The zero-order chi connectivity index (χ0) is 22.8. The average molecular weight is 468 g/mol. The van der Waals surface area contributed by atoms with Crippen molar-refractivity contribution in [2.45, 2.75) is 32.5 Å². The van der Waals surface area contributed by atoms with Crippen molar-refractivity contribution in [1.82, 2.24) is 9.55 Å². The standard InChI is InChI=1S/C25H23ClFN3OS/c1-15-4-9-21(20(26)10-15)28-24(31)14-32-25-29-22-11-16(2)17(3)12-23(22)30(25)13-18-5-7-19(27)8-6-18/h4-12H,13-14H2,1-3H3,(H,28,31). The number of nitrogens with one attached hydrogen (secondary N) is 1. The highest BCUT2D eigenvalue weighted by molar-refractivity contribution is 7.99. The summed E-state index contributed by atoms with van der Waals surface area (Å²) in [5.41, 5.74) is 6.77. The van der Waals surface area contributed by atoms with Crippen molar-refractivity contribution in [3.63, 3.8) is 0 Å². The van der Waals surface area contributed by atoms with Gasteiger partial charge in [-0.25, -0.2) is 9.37 Å². The first-order chi connectivity index (χ1) is 15.3. The van der Waals surface area contributed by atoms with Crippen LogP contribution in [0.15, 0.2) is 59.8 Å². The fraction of sp³-hybridized carbons (Fsp3) is 0.200. The van der Waals surface area contributed by atoms with Gasteiger partial charge in [0, 0.05) is 0 Å². The van der Waals surface area contributed by atoms with Crippen molar-refractivity contribution < 1.29 is 9.18 Å². The molecule has 1 N–H and O–H groups in total. The van der Waals surface area contributed by atoms with Crippen molar-refractivity contribution in [2.24, 2.45) is 0 Å². The second-order valence-corrected chi connectivity index (χ2v) is 9.20. The number of aryl methyl sites for hydroxylation is 3. The summed E-state index contributed by atoms with van der Waals surface area (Å²) >= 11 is 7.60. The van der Waals surface area contributed by atoms with Crippen molar-refractivity contribution in [1.29, 1.82) is 0 Å². The molecule has 0 radical (unpaired) electrons. The molecule has 0 saturated carbocycles. The predicted molar refractivity (Wildman–Crippen MR) is 130 cm³/mol. The Hall–Kier alpha value is -2.83. The number of hydrogen-bond acceptors (Lipinski definition) is 3. The lowest BCUT2D eigenvalue weighted by Crippen LogP contribution is -2.15. The van der Waals surface area contributed by atoms with E-state index in [2.05, 4.69) is 35.9 Å². The number of aromatic nitrogens is 2. The van der Waals surface area contributed by atoms with Crippen molar-refractivity contribution in [3.05, 3.63) is 87.7 Å². The molecule has 0 fully saturated rings. The summed E-state index contributed by atoms with van der Waals surface area (Å²) < 4.78 is 15.4. The van der Waals surface area contributed by atoms with Crippen LogP contribution < -0.4 is 5.32 Å². The summed E-state index contributed by atoms with van der Waals surface area (Å²) in [5.74, 6) is -0.236. The average Bonchev–Trinajstić information content (AvgIpc) is 3.07. The molecule has 4 rings (SSSR count). The molecule has 0 saturated heterocycles. The Morgan fingerprint density at radius 3 is 2.50 bits per heavy atom. The lowest BCUT2D eigenvalue weighted by atomic mass is 10.1. The molecule has 0 unspecified atom stereocenters. The number of imidazole rings is 1. The highest BCUT2D eigenvalue weighted by atomic mass is 35.5. The van der Waals surface area contributed by atoms with Gasteiger partial charge < -0.3 is 9.88 Å². The molecular weight excluding hydrogens is 445 g/mol. The largest absolute Gasteiger partial charge is 0.324 e. The zero-order valence-corrected chi connectivity index (χ0v) is 19.6. The minimum absolute atomic E-state index is 0.159. The molecule has 4 aromatic rings. The molecule has 0 bridgehead atoms. The Bertz CT molecular complexity index is 1300. The summed E-state index contributed by atoms with van der Waals surface area (Å²) in [6.45, 7) is 6.60. The van der Waals surface area contributed by atoms with Gasteiger partial charge in [0.15, 0.2) is 5.16 Å². The Morgan fingerprint density at radius 1 is 1.06 bits per heavy atom. The van der Waals surface area contributed by atoms with E-state index >= 15 is 0 Å². The number of hydrogen-bond donors (Lipinski definition) is 1. The number of amides is 1. The third kappa shape index (κ3) is 4.97. The molecule has 32 heavy (non-hydrogen) atoms. The molecule has 1 aromatic heterocycles. The second-order valence-electron chi connectivity index (χ2n) is 7.85. The summed E-state index contributed by atoms with van der Waals surface area (Å²) in [4.78, 5) is 17.4. The number of nitrogens with zero attached hydrogens (tertiary/aromatic N) is 2. The Morgan fingerprint density at radius 2 is 1.78 bits per heavy atom. The van der Waals surface area contributed by atoms with Gasteiger partial charge in [0.1, 0.15) is 5.82 Å². The molecule has 1 heterocycles. The SMILES string of the molecule is Cc1ccc(NC(=O)CSc2nc3cc(C)c(C)cc3n2Cc2ccc(F)cc2)c(Cl)c1. The van der Waals surface area contributed by atoms with Crippen molar-refractivity contribution in [3.8, 4) is 0 Å². The van der Waals surface area contributed by atoms with Crippen LogP contribution in [-0.4, -0.2) is 21.2 Å². The zero-order valence-electron chi connectivity index (χ0n) is 18.1. The maximum Gasteiger partial charge on any atom is 0.234 e. The second kappa shape index (κ2) is 9.35. The van der Waals surface area contributed by atoms with Crippen LogP contribution in [0, 0.1) is 26.6 Å². The fourth-order valence-corrected chi connectivity index (χ4v) is 4.53. The van der Waals surface area contributed by atoms with Crippen LogP contribution in [0.25, 0.3) is 11.0 Å². The van der Waals surface area contributed by atoms with Crippen LogP contribution in [-0.2, 0) is 11.3 Å². The van der Waals surface area contributed by atoms with Gasteiger partial charge in [-0.1, -0.05) is 41.6 Å². The smallest absolute Gasteiger partial charge is 0.234 e. The Balaban J connectivity index is 1.59. The maximum atomic E-state index is 13.4. The monoisotopic (exact) mass is 467 g/mol. The number of carbonyl (C=O) groups is 1. The molecule has 0 atom stereocenters. The van der Waals surface area contributed by atoms with Gasteiger partial charge >= 0.3 is 0 Å². The molecule has 1 amide bonds. The first kappa shape index (κ1) is 22.4. The Labute approximate surface area is 195 Å². The van der Waals surface area contributed by atoms with Crippen LogP contribution >= 0.6 is 23.4 Å². The number of halogens is 2. The number of fused-ring (bicyclic) bond motifs is 1. The summed E-state index contributed by atoms with van der Waals surface area (Å²) in [6, 6.07) is 16.1.